The highest BCUT2D eigenvalue weighted by Gasteiger charge is 2.47. The number of aliphatic imine (C=N–C) groups is 1. The molecule has 0 radical (unpaired) electrons. The summed E-state index contributed by atoms with van der Waals surface area (Å²) < 4.78 is 45.4. The highest BCUT2D eigenvalue weighted by molar-refractivity contribution is 5.94. The number of rotatable bonds is 3. The molecule has 1 aliphatic heterocycles. The first-order chi connectivity index (χ1) is 11.0. The Labute approximate surface area is 132 Å². The molecule has 120 valence electrons. The maximum Gasteiger partial charge on any atom is 0.393 e. The normalized spacial score (nSPS) is 21.4. The number of benzene rings is 2. The second kappa shape index (κ2) is 6.07. The van der Waals surface area contributed by atoms with Gasteiger partial charge >= 0.3 is 6.18 Å². The molecule has 1 heterocycles. The van der Waals surface area contributed by atoms with Crippen molar-refractivity contribution in [3.8, 4) is 0 Å². The number of hydrogen-bond donors (Lipinski definition) is 0. The minimum absolute atomic E-state index is 0.201. The van der Waals surface area contributed by atoms with Crippen LogP contribution in [0, 0.1) is 0 Å². The zero-order chi connectivity index (χ0) is 16.3. The molecule has 2 aromatic carbocycles. The largest absolute Gasteiger partial charge is 0.466 e. The van der Waals surface area contributed by atoms with E-state index in [1.54, 1.807) is 42.5 Å². The number of alkyl halides is 3. The van der Waals surface area contributed by atoms with E-state index in [1.807, 2.05) is 18.2 Å². The molecule has 0 spiro atoms. The molecule has 0 saturated carbocycles. The van der Waals surface area contributed by atoms with Gasteiger partial charge in [0.1, 0.15) is 5.60 Å². The molecular weight excluding hydrogens is 303 g/mol. The van der Waals surface area contributed by atoms with Crippen LogP contribution in [-0.4, -0.2) is 18.6 Å². The molecule has 1 aliphatic rings. The van der Waals surface area contributed by atoms with Crippen LogP contribution in [0.25, 0.3) is 0 Å². The lowest BCUT2D eigenvalue weighted by Crippen LogP contribution is -2.40. The van der Waals surface area contributed by atoms with Crippen molar-refractivity contribution < 1.29 is 17.9 Å². The Balaban J connectivity index is 1.99. The summed E-state index contributed by atoms with van der Waals surface area (Å²) in [6.07, 6.45) is -5.16. The molecule has 2 nitrogen and oxygen atoms in total. The fourth-order valence-electron chi connectivity index (χ4n) is 2.83. The standard InChI is InChI=1S/C18H16F3NO/c19-18(20,21)13-17(15-9-5-2-6-10-15)11-12-22-16(23-17)14-7-3-1-4-8-14/h1-10H,11-13H2. The van der Waals surface area contributed by atoms with Crippen molar-refractivity contribution in [2.75, 3.05) is 6.54 Å². The van der Waals surface area contributed by atoms with Crippen LogP contribution in [0.5, 0.6) is 0 Å². The van der Waals surface area contributed by atoms with Crippen LogP contribution in [0.2, 0.25) is 0 Å². The van der Waals surface area contributed by atoms with Crippen LogP contribution < -0.4 is 0 Å². The van der Waals surface area contributed by atoms with Crippen molar-refractivity contribution in [3.63, 3.8) is 0 Å². The third-order valence-electron chi connectivity index (χ3n) is 3.87. The molecule has 2 aromatic rings. The fourth-order valence-corrected chi connectivity index (χ4v) is 2.83. The summed E-state index contributed by atoms with van der Waals surface area (Å²) in [4.78, 5) is 4.28. The van der Waals surface area contributed by atoms with Crippen LogP contribution in [0.3, 0.4) is 0 Å². The van der Waals surface area contributed by atoms with Crippen LogP contribution in [0.15, 0.2) is 65.7 Å². The zero-order valence-electron chi connectivity index (χ0n) is 12.4. The van der Waals surface area contributed by atoms with Gasteiger partial charge in [0, 0.05) is 18.5 Å². The second-order valence-corrected chi connectivity index (χ2v) is 5.56. The maximum absolute atomic E-state index is 13.2. The predicted molar refractivity (Wildman–Crippen MR) is 82.3 cm³/mol. The van der Waals surface area contributed by atoms with E-state index in [4.69, 9.17) is 4.74 Å². The van der Waals surface area contributed by atoms with E-state index in [0.29, 0.717) is 17.7 Å². The lowest BCUT2D eigenvalue weighted by molar-refractivity contribution is -0.177. The summed E-state index contributed by atoms with van der Waals surface area (Å²) in [6, 6.07) is 17.6. The molecule has 1 unspecified atom stereocenters. The van der Waals surface area contributed by atoms with Crippen LogP contribution >= 0.6 is 0 Å². The van der Waals surface area contributed by atoms with Gasteiger partial charge in [-0.2, -0.15) is 13.2 Å². The first kappa shape index (κ1) is 15.6. The summed E-state index contributed by atoms with van der Waals surface area (Å²) in [5.41, 5.74) is -0.206. The molecule has 0 N–H and O–H groups in total. The van der Waals surface area contributed by atoms with Gasteiger partial charge in [0.05, 0.1) is 6.42 Å². The summed E-state index contributed by atoms with van der Waals surface area (Å²) >= 11 is 0. The third kappa shape index (κ3) is 3.55. The first-order valence-electron chi connectivity index (χ1n) is 7.40. The number of nitrogens with zero attached hydrogens (tertiary/aromatic N) is 1. The molecule has 23 heavy (non-hydrogen) atoms. The lowest BCUT2D eigenvalue weighted by Gasteiger charge is -2.38. The molecule has 0 amide bonds. The highest BCUT2D eigenvalue weighted by Crippen LogP contribution is 2.42. The van der Waals surface area contributed by atoms with Gasteiger partial charge in [-0.15, -0.1) is 0 Å². The Kier molecular flexibility index (Phi) is 4.11. The van der Waals surface area contributed by atoms with Gasteiger partial charge in [0.2, 0.25) is 5.90 Å². The van der Waals surface area contributed by atoms with Crippen molar-refractivity contribution >= 4 is 5.90 Å². The van der Waals surface area contributed by atoms with Gasteiger partial charge in [-0.3, -0.25) is 4.99 Å². The lowest BCUT2D eigenvalue weighted by atomic mass is 9.85. The molecule has 0 saturated heterocycles. The smallest absolute Gasteiger partial charge is 0.393 e. The average Bonchev–Trinajstić information content (AvgIpc) is 2.55. The Hall–Kier alpha value is -2.30. The molecule has 5 heteroatoms. The van der Waals surface area contributed by atoms with Gasteiger partial charge < -0.3 is 4.74 Å². The van der Waals surface area contributed by atoms with Crippen molar-refractivity contribution in [1.29, 1.82) is 0 Å². The molecule has 0 bridgehead atoms. The fraction of sp³-hybridized carbons (Fsp3) is 0.278. The summed E-state index contributed by atoms with van der Waals surface area (Å²) in [5.74, 6) is 0.268. The third-order valence-corrected chi connectivity index (χ3v) is 3.87. The van der Waals surface area contributed by atoms with Crippen LogP contribution in [0.4, 0.5) is 13.2 Å². The first-order valence-corrected chi connectivity index (χ1v) is 7.40. The van der Waals surface area contributed by atoms with Crippen molar-refractivity contribution in [2.24, 2.45) is 4.99 Å². The van der Waals surface area contributed by atoms with E-state index in [2.05, 4.69) is 4.99 Å². The van der Waals surface area contributed by atoms with Gasteiger partial charge in [-0.25, -0.2) is 0 Å². The summed E-state index contributed by atoms with van der Waals surface area (Å²) in [7, 11) is 0. The summed E-state index contributed by atoms with van der Waals surface area (Å²) in [5, 5.41) is 0. The second-order valence-electron chi connectivity index (χ2n) is 5.56. The maximum atomic E-state index is 13.2. The van der Waals surface area contributed by atoms with Crippen LogP contribution in [0.1, 0.15) is 24.0 Å². The monoisotopic (exact) mass is 319 g/mol. The average molecular weight is 319 g/mol. The Bertz CT molecular complexity index is 682. The predicted octanol–water partition coefficient (Wildman–Crippen LogP) is 4.70. The minimum atomic E-state index is -4.32. The number of hydrogen-bond acceptors (Lipinski definition) is 2. The number of halogens is 3. The Morgan fingerprint density at radius 3 is 2.17 bits per heavy atom. The summed E-state index contributed by atoms with van der Waals surface area (Å²) in [6.45, 7) is 0.301. The van der Waals surface area contributed by atoms with E-state index in [9.17, 15) is 13.2 Å². The molecule has 0 aromatic heterocycles. The van der Waals surface area contributed by atoms with E-state index < -0.39 is 18.2 Å². The molecular formula is C18H16F3NO. The van der Waals surface area contributed by atoms with E-state index in [-0.39, 0.29) is 12.3 Å². The SMILES string of the molecule is FC(F)(F)CC1(c2ccccc2)CCN=C(c2ccccc2)O1. The van der Waals surface area contributed by atoms with Gasteiger partial charge in [0.15, 0.2) is 0 Å². The van der Waals surface area contributed by atoms with E-state index >= 15 is 0 Å². The zero-order valence-corrected chi connectivity index (χ0v) is 12.4. The molecule has 3 rings (SSSR count). The van der Waals surface area contributed by atoms with Crippen molar-refractivity contribution in [2.45, 2.75) is 24.6 Å². The quantitative estimate of drug-likeness (QED) is 0.803. The minimum Gasteiger partial charge on any atom is -0.466 e. The Morgan fingerprint density at radius 2 is 1.57 bits per heavy atom. The van der Waals surface area contributed by atoms with Gasteiger partial charge in [-0.05, 0) is 17.7 Å². The molecule has 0 fully saturated rings. The van der Waals surface area contributed by atoms with Crippen LogP contribution in [-0.2, 0) is 10.3 Å². The highest BCUT2D eigenvalue weighted by atomic mass is 19.4. The molecule has 1 atom stereocenters. The van der Waals surface area contributed by atoms with Crippen molar-refractivity contribution in [3.05, 3.63) is 71.8 Å². The Morgan fingerprint density at radius 1 is 0.957 bits per heavy atom. The van der Waals surface area contributed by atoms with Gasteiger partial charge in [-0.1, -0.05) is 48.5 Å². The van der Waals surface area contributed by atoms with Gasteiger partial charge in [0.25, 0.3) is 0 Å². The van der Waals surface area contributed by atoms with E-state index in [0.717, 1.165) is 0 Å². The topological polar surface area (TPSA) is 21.6 Å². The van der Waals surface area contributed by atoms with Crippen molar-refractivity contribution in [1.82, 2.24) is 0 Å². The molecule has 0 aliphatic carbocycles. The number of ether oxygens (including phenoxy) is 1. The van der Waals surface area contributed by atoms with E-state index in [1.165, 1.54) is 0 Å².